The molecule has 11 heavy (non-hydrogen) atoms. The molecule has 0 saturated heterocycles. The number of hydrogen-bond acceptors (Lipinski definition) is 2. The van der Waals surface area contributed by atoms with Crippen molar-refractivity contribution in [3.05, 3.63) is 30.1 Å². The molecule has 0 spiro atoms. The number of alkyl halides is 1. The molecule has 0 aromatic carbocycles. The molecule has 0 saturated carbocycles. The van der Waals surface area contributed by atoms with E-state index in [-0.39, 0.29) is 0 Å². The van der Waals surface area contributed by atoms with Gasteiger partial charge < -0.3 is 5.32 Å². The van der Waals surface area contributed by atoms with Crippen molar-refractivity contribution in [2.45, 2.75) is 6.42 Å². The monoisotopic (exact) mass is 170 g/mol. The molecular formula is C8H11ClN2. The second-order valence-corrected chi connectivity index (χ2v) is 2.51. The summed E-state index contributed by atoms with van der Waals surface area (Å²) < 4.78 is 0. The Hall–Kier alpha value is -0.600. The van der Waals surface area contributed by atoms with Crippen molar-refractivity contribution in [2.24, 2.45) is 0 Å². The highest BCUT2D eigenvalue weighted by Crippen LogP contribution is 1.94. The second kappa shape index (κ2) is 5.10. The zero-order valence-electron chi connectivity index (χ0n) is 6.26. The molecule has 1 aromatic rings. The summed E-state index contributed by atoms with van der Waals surface area (Å²) in [6.07, 6.45) is 4.63. The quantitative estimate of drug-likeness (QED) is 0.420. The van der Waals surface area contributed by atoms with Gasteiger partial charge in [0.25, 0.3) is 0 Å². The number of nitrogens with one attached hydrogen (secondary N) is 1. The van der Waals surface area contributed by atoms with E-state index < -0.39 is 0 Å². The van der Waals surface area contributed by atoms with Crippen LogP contribution in [0, 0.1) is 0 Å². The summed E-state index contributed by atoms with van der Waals surface area (Å²) in [4.78, 5) is 4.00. The zero-order chi connectivity index (χ0) is 7.94. The molecule has 0 radical (unpaired) electrons. The van der Waals surface area contributed by atoms with Gasteiger partial charge in [-0.1, -0.05) is 6.07 Å². The Bertz CT molecular complexity index is 189. The zero-order valence-corrected chi connectivity index (χ0v) is 7.01. The minimum absolute atomic E-state index is 0.514. The third-order valence-electron chi connectivity index (χ3n) is 1.41. The van der Waals surface area contributed by atoms with Crippen molar-refractivity contribution in [2.75, 3.05) is 12.5 Å². The molecule has 1 N–H and O–H groups in total. The van der Waals surface area contributed by atoms with Crippen LogP contribution in [-0.4, -0.2) is 17.5 Å². The summed E-state index contributed by atoms with van der Waals surface area (Å²) in [5.74, 6) is 0. The number of pyridine rings is 1. The van der Waals surface area contributed by atoms with Crippen LogP contribution in [0.5, 0.6) is 0 Å². The predicted molar refractivity (Wildman–Crippen MR) is 46.7 cm³/mol. The van der Waals surface area contributed by atoms with Crippen LogP contribution in [-0.2, 0) is 6.42 Å². The van der Waals surface area contributed by atoms with Crippen LogP contribution in [0.1, 0.15) is 5.56 Å². The highest BCUT2D eigenvalue weighted by molar-refractivity contribution is 6.17. The van der Waals surface area contributed by atoms with Crippen molar-refractivity contribution in [1.29, 1.82) is 0 Å². The van der Waals surface area contributed by atoms with Gasteiger partial charge in [0.15, 0.2) is 0 Å². The third kappa shape index (κ3) is 3.35. The Morgan fingerprint density at radius 2 is 2.45 bits per heavy atom. The summed E-state index contributed by atoms with van der Waals surface area (Å²) in [6, 6.07) is 4.51. The summed E-state index contributed by atoms with van der Waals surface area (Å²) in [5.41, 5.74) is 1.24. The molecule has 0 aliphatic heterocycles. The molecule has 2 nitrogen and oxygen atoms in total. The summed E-state index contributed by atoms with van der Waals surface area (Å²) in [7, 11) is 0. The number of aromatic nitrogens is 1. The SMILES string of the molecule is ClCNCCc1cccnc1. The molecular weight excluding hydrogens is 160 g/mol. The van der Waals surface area contributed by atoms with Crippen molar-refractivity contribution in [3.63, 3.8) is 0 Å². The van der Waals surface area contributed by atoms with Gasteiger partial charge >= 0.3 is 0 Å². The number of halogens is 1. The molecule has 1 aromatic heterocycles. The lowest BCUT2D eigenvalue weighted by atomic mass is 10.2. The van der Waals surface area contributed by atoms with Crippen LogP contribution in [0.3, 0.4) is 0 Å². The molecule has 0 bridgehead atoms. The first-order valence-electron chi connectivity index (χ1n) is 3.59. The summed E-state index contributed by atoms with van der Waals surface area (Å²) in [5, 5.41) is 3.03. The predicted octanol–water partition coefficient (Wildman–Crippen LogP) is 1.41. The standard InChI is InChI=1S/C8H11ClN2/c9-7-11-5-3-8-2-1-4-10-6-8/h1-2,4,6,11H,3,5,7H2. The Kier molecular flexibility index (Phi) is 3.94. The van der Waals surface area contributed by atoms with Gasteiger partial charge in [0, 0.05) is 18.9 Å². The van der Waals surface area contributed by atoms with E-state index in [1.54, 1.807) is 6.20 Å². The van der Waals surface area contributed by atoms with E-state index in [2.05, 4.69) is 16.4 Å². The van der Waals surface area contributed by atoms with Crippen LogP contribution in [0.15, 0.2) is 24.5 Å². The lowest BCUT2D eigenvalue weighted by Crippen LogP contribution is -2.14. The highest BCUT2D eigenvalue weighted by atomic mass is 35.5. The third-order valence-corrected chi connectivity index (χ3v) is 1.60. The number of hydrogen-bond donors (Lipinski definition) is 1. The Balaban J connectivity index is 2.28. The Morgan fingerprint density at radius 3 is 3.09 bits per heavy atom. The van der Waals surface area contributed by atoms with E-state index in [1.807, 2.05) is 12.3 Å². The maximum absolute atomic E-state index is 5.44. The average molecular weight is 171 g/mol. The van der Waals surface area contributed by atoms with E-state index in [0.29, 0.717) is 6.00 Å². The molecule has 0 aliphatic rings. The lowest BCUT2D eigenvalue weighted by Gasteiger charge is -1.99. The van der Waals surface area contributed by atoms with Gasteiger partial charge in [0.2, 0.25) is 0 Å². The van der Waals surface area contributed by atoms with Gasteiger partial charge in [0.05, 0.1) is 6.00 Å². The van der Waals surface area contributed by atoms with Crippen LogP contribution in [0.2, 0.25) is 0 Å². The van der Waals surface area contributed by atoms with Crippen LogP contribution in [0.25, 0.3) is 0 Å². The second-order valence-electron chi connectivity index (χ2n) is 2.24. The molecule has 3 heteroatoms. The van der Waals surface area contributed by atoms with Gasteiger partial charge in [-0.15, -0.1) is 11.6 Å². The van der Waals surface area contributed by atoms with Crippen LogP contribution < -0.4 is 5.32 Å². The first-order chi connectivity index (χ1) is 5.43. The average Bonchev–Trinajstić information content (AvgIpc) is 2.07. The van der Waals surface area contributed by atoms with E-state index in [0.717, 1.165) is 13.0 Å². The Labute approximate surface area is 71.6 Å². The molecule has 0 atom stereocenters. The van der Waals surface area contributed by atoms with Crippen molar-refractivity contribution in [3.8, 4) is 0 Å². The molecule has 1 rings (SSSR count). The highest BCUT2D eigenvalue weighted by Gasteiger charge is 1.89. The fourth-order valence-electron chi connectivity index (χ4n) is 0.846. The largest absolute Gasteiger partial charge is 0.304 e. The summed E-state index contributed by atoms with van der Waals surface area (Å²) >= 11 is 5.44. The molecule has 60 valence electrons. The topological polar surface area (TPSA) is 24.9 Å². The van der Waals surface area contributed by atoms with E-state index >= 15 is 0 Å². The molecule has 0 fully saturated rings. The normalized spacial score (nSPS) is 9.91. The van der Waals surface area contributed by atoms with Crippen molar-refractivity contribution >= 4 is 11.6 Å². The smallest absolute Gasteiger partial charge is 0.0713 e. The number of rotatable bonds is 4. The van der Waals surface area contributed by atoms with E-state index in [4.69, 9.17) is 11.6 Å². The fraction of sp³-hybridized carbons (Fsp3) is 0.375. The van der Waals surface area contributed by atoms with E-state index in [9.17, 15) is 0 Å². The first kappa shape index (κ1) is 8.50. The lowest BCUT2D eigenvalue weighted by molar-refractivity contribution is 0.768. The fourth-order valence-corrected chi connectivity index (χ4v) is 0.979. The minimum atomic E-state index is 0.514. The van der Waals surface area contributed by atoms with Gasteiger partial charge in [-0.3, -0.25) is 4.98 Å². The Morgan fingerprint density at radius 1 is 1.55 bits per heavy atom. The van der Waals surface area contributed by atoms with Gasteiger partial charge in [-0.05, 0) is 18.1 Å². The van der Waals surface area contributed by atoms with Gasteiger partial charge in [0.1, 0.15) is 0 Å². The van der Waals surface area contributed by atoms with Gasteiger partial charge in [-0.25, -0.2) is 0 Å². The van der Waals surface area contributed by atoms with Crippen molar-refractivity contribution < 1.29 is 0 Å². The molecule has 0 unspecified atom stereocenters. The van der Waals surface area contributed by atoms with E-state index in [1.165, 1.54) is 5.56 Å². The van der Waals surface area contributed by atoms with Crippen LogP contribution in [0.4, 0.5) is 0 Å². The maximum Gasteiger partial charge on any atom is 0.0713 e. The van der Waals surface area contributed by atoms with Crippen LogP contribution >= 0.6 is 11.6 Å². The maximum atomic E-state index is 5.44. The first-order valence-corrected chi connectivity index (χ1v) is 4.12. The molecule has 0 amide bonds. The minimum Gasteiger partial charge on any atom is -0.304 e. The molecule has 0 aliphatic carbocycles. The van der Waals surface area contributed by atoms with Gasteiger partial charge in [-0.2, -0.15) is 0 Å². The summed E-state index contributed by atoms with van der Waals surface area (Å²) in [6.45, 7) is 0.912. The number of nitrogens with zero attached hydrogens (tertiary/aromatic N) is 1. The molecule has 1 heterocycles. The van der Waals surface area contributed by atoms with Crippen molar-refractivity contribution in [1.82, 2.24) is 10.3 Å².